The number of ether oxygens (including phenoxy) is 1. The molecule has 0 fully saturated rings. The molecule has 0 amide bonds. The second-order valence-electron chi connectivity index (χ2n) is 7.48. The van der Waals surface area contributed by atoms with Gasteiger partial charge in [0.15, 0.2) is 5.16 Å². The van der Waals surface area contributed by atoms with Gasteiger partial charge in [-0.25, -0.2) is 9.78 Å². The van der Waals surface area contributed by atoms with E-state index >= 15 is 0 Å². The lowest BCUT2D eigenvalue weighted by atomic mass is 10.1. The van der Waals surface area contributed by atoms with Crippen LogP contribution in [0, 0.1) is 0 Å². The van der Waals surface area contributed by atoms with Crippen LogP contribution in [-0.4, -0.2) is 22.1 Å². The highest BCUT2D eigenvalue weighted by Crippen LogP contribution is 2.32. The molecule has 0 bridgehead atoms. The zero-order valence-electron chi connectivity index (χ0n) is 18.1. The van der Waals surface area contributed by atoms with E-state index in [0.717, 1.165) is 23.2 Å². The van der Waals surface area contributed by atoms with Crippen molar-refractivity contribution in [1.29, 1.82) is 0 Å². The molecule has 0 radical (unpaired) electrons. The molecule has 9 heteroatoms. The van der Waals surface area contributed by atoms with Gasteiger partial charge in [-0.15, -0.1) is 0 Å². The Morgan fingerprint density at radius 1 is 1.09 bits per heavy atom. The van der Waals surface area contributed by atoms with Crippen molar-refractivity contribution >= 4 is 40.4 Å². The normalized spacial score (nSPS) is 11.7. The lowest BCUT2D eigenvalue weighted by molar-refractivity contribution is -0.137. The molecule has 0 unspecified atom stereocenters. The highest BCUT2D eigenvalue weighted by Gasteiger charge is 2.30. The summed E-state index contributed by atoms with van der Waals surface area (Å²) in [5.41, 5.74) is 2.68. The van der Waals surface area contributed by atoms with Crippen LogP contribution in [0.3, 0.4) is 0 Å². The summed E-state index contributed by atoms with van der Waals surface area (Å²) in [5, 5.41) is 1.31. The van der Waals surface area contributed by atoms with Gasteiger partial charge < -0.3 is 9.30 Å². The van der Waals surface area contributed by atoms with Crippen molar-refractivity contribution in [3.05, 3.63) is 94.0 Å². The van der Waals surface area contributed by atoms with Gasteiger partial charge in [0, 0.05) is 10.8 Å². The summed E-state index contributed by atoms with van der Waals surface area (Å²) in [6.07, 6.45) is -4.39. The number of rotatable bonds is 7. The maximum Gasteiger partial charge on any atom is 0.416 e. The molecule has 0 N–H and O–H groups in total. The van der Waals surface area contributed by atoms with Crippen LogP contribution in [0.4, 0.5) is 13.2 Å². The number of benzene rings is 3. The number of carbonyl (C=O) groups is 1. The van der Waals surface area contributed by atoms with E-state index in [-0.39, 0.29) is 6.61 Å². The largest absolute Gasteiger partial charge is 0.462 e. The number of halogens is 4. The van der Waals surface area contributed by atoms with E-state index in [0.29, 0.717) is 39.1 Å². The number of aromatic nitrogens is 2. The Kier molecular flexibility index (Phi) is 7.19. The second-order valence-corrected chi connectivity index (χ2v) is 8.83. The molecule has 176 valence electrons. The first-order valence-corrected chi connectivity index (χ1v) is 11.8. The molecule has 3 aromatic carbocycles. The Balaban J connectivity index is 1.70. The Bertz CT molecular complexity index is 1320. The highest BCUT2D eigenvalue weighted by molar-refractivity contribution is 7.98. The second kappa shape index (κ2) is 10.1. The molecular weight excluding hydrogens is 485 g/mol. The lowest BCUT2D eigenvalue weighted by Gasteiger charge is -2.11. The van der Waals surface area contributed by atoms with E-state index in [2.05, 4.69) is 0 Å². The zero-order valence-corrected chi connectivity index (χ0v) is 19.7. The van der Waals surface area contributed by atoms with E-state index < -0.39 is 17.7 Å². The first kappa shape index (κ1) is 24.2. The summed E-state index contributed by atoms with van der Waals surface area (Å²) in [6, 6.07) is 17.7. The molecule has 1 heterocycles. The van der Waals surface area contributed by atoms with Crippen LogP contribution in [0.2, 0.25) is 5.02 Å². The highest BCUT2D eigenvalue weighted by atomic mass is 35.5. The van der Waals surface area contributed by atoms with Gasteiger partial charge in [-0.2, -0.15) is 13.2 Å². The third-order valence-electron chi connectivity index (χ3n) is 5.16. The van der Waals surface area contributed by atoms with E-state index in [1.807, 2.05) is 28.8 Å². The van der Waals surface area contributed by atoms with E-state index in [9.17, 15) is 18.0 Å². The first-order chi connectivity index (χ1) is 16.3. The molecule has 0 saturated carbocycles. The molecule has 4 nitrogen and oxygen atoms in total. The lowest BCUT2D eigenvalue weighted by Crippen LogP contribution is -2.06. The van der Waals surface area contributed by atoms with Crippen LogP contribution in [0.15, 0.2) is 71.9 Å². The van der Waals surface area contributed by atoms with Crippen LogP contribution in [0.5, 0.6) is 0 Å². The number of thioether (sulfide) groups is 1. The minimum atomic E-state index is -4.39. The van der Waals surface area contributed by atoms with Gasteiger partial charge in [0.25, 0.3) is 0 Å². The number of alkyl halides is 3. The van der Waals surface area contributed by atoms with Crippen molar-refractivity contribution in [3.8, 4) is 0 Å². The van der Waals surface area contributed by atoms with Gasteiger partial charge in [0.2, 0.25) is 0 Å². The molecular formula is C25H20ClF3N2O2S. The molecule has 0 aliphatic rings. The summed E-state index contributed by atoms with van der Waals surface area (Å²) in [6.45, 7) is 2.31. The maximum atomic E-state index is 13.0. The van der Waals surface area contributed by atoms with Crippen molar-refractivity contribution < 1.29 is 22.7 Å². The molecule has 34 heavy (non-hydrogen) atoms. The van der Waals surface area contributed by atoms with Crippen LogP contribution >= 0.6 is 23.4 Å². The Hall–Kier alpha value is -2.97. The van der Waals surface area contributed by atoms with Gasteiger partial charge >= 0.3 is 12.1 Å². The maximum absolute atomic E-state index is 13.0. The number of nitrogens with zero attached hydrogens (tertiary/aromatic N) is 2. The number of imidazole rings is 1. The van der Waals surface area contributed by atoms with E-state index in [4.69, 9.17) is 21.3 Å². The van der Waals surface area contributed by atoms with Gasteiger partial charge in [-0.05, 0) is 54.4 Å². The molecule has 0 aliphatic carbocycles. The number of carbonyl (C=O) groups excluding carboxylic acids is 1. The monoisotopic (exact) mass is 504 g/mol. The summed E-state index contributed by atoms with van der Waals surface area (Å²) in [4.78, 5) is 16.9. The first-order valence-electron chi connectivity index (χ1n) is 10.5. The van der Waals surface area contributed by atoms with Crippen LogP contribution in [0.1, 0.15) is 34.0 Å². The Morgan fingerprint density at radius 2 is 1.82 bits per heavy atom. The summed E-state index contributed by atoms with van der Waals surface area (Å²) in [7, 11) is 0. The molecule has 0 spiro atoms. The quantitative estimate of drug-likeness (QED) is 0.197. The Morgan fingerprint density at radius 3 is 2.50 bits per heavy atom. The third kappa shape index (κ3) is 5.39. The molecule has 4 aromatic rings. The minimum absolute atomic E-state index is 0.262. The van der Waals surface area contributed by atoms with Crippen LogP contribution in [-0.2, 0) is 23.2 Å². The van der Waals surface area contributed by atoms with Gasteiger partial charge in [-0.1, -0.05) is 53.7 Å². The Labute approximate surface area is 203 Å². The standard InChI is InChI=1S/C25H20ClF3N2O2S/c1-2-33-23(32)17-9-12-22-21(13-17)30-24(34-15-18-5-3-4-6-20(18)26)31(22)14-16-7-10-19(11-8-16)25(27,28)29/h3-13H,2,14-15H2,1H3. The fraction of sp³-hybridized carbons (Fsp3) is 0.200. The fourth-order valence-corrected chi connectivity index (χ4v) is 4.75. The minimum Gasteiger partial charge on any atom is -0.462 e. The van der Waals surface area contributed by atoms with Crippen molar-refractivity contribution in [1.82, 2.24) is 9.55 Å². The van der Waals surface area contributed by atoms with Crippen molar-refractivity contribution in [2.24, 2.45) is 0 Å². The SMILES string of the molecule is CCOC(=O)c1ccc2c(c1)nc(SCc1ccccc1Cl)n2Cc1ccc(C(F)(F)F)cc1. The summed E-state index contributed by atoms with van der Waals surface area (Å²) in [5.74, 6) is 0.118. The number of hydrogen-bond acceptors (Lipinski definition) is 4. The fourth-order valence-electron chi connectivity index (χ4n) is 3.45. The average Bonchev–Trinajstić information content (AvgIpc) is 3.15. The summed E-state index contributed by atoms with van der Waals surface area (Å²) >= 11 is 7.75. The molecule has 0 atom stereocenters. The zero-order chi connectivity index (χ0) is 24.3. The van der Waals surface area contributed by atoms with E-state index in [1.54, 1.807) is 25.1 Å². The molecule has 4 rings (SSSR count). The number of hydrogen-bond donors (Lipinski definition) is 0. The third-order valence-corrected chi connectivity index (χ3v) is 6.55. The predicted octanol–water partition coefficient (Wildman–Crippen LogP) is 7.23. The van der Waals surface area contributed by atoms with Crippen LogP contribution in [0.25, 0.3) is 11.0 Å². The predicted molar refractivity (Wildman–Crippen MR) is 127 cm³/mol. The molecule has 0 saturated heterocycles. The topological polar surface area (TPSA) is 44.1 Å². The average molecular weight is 505 g/mol. The molecule has 0 aliphatic heterocycles. The number of fused-ring (bicyclic) bond motifs is 1. The van der Waals surface area contributed by atoms with Gasteiger partial charge in [0.05, 0.1) is 35.3 Å². The smallest absolute Gasteiger partial charge is 0.416 e. The van der Waals surface area contributed by atoms with Gasteiger partial charge in [-0.3, -0.25) is 0 Å². The number of esters is 1. The van der Waals surface area contributed by atoms with Gasteiger partial charge in [0.1, 0.15) is 0 Å². The summed E-state index contributed by atoms with van der Waals surface area (Å²) < 4.78 is 45.9. The van der Waals surface area contributed by atoms with Crippen molar-refractivity contribution in [2.45, 2.75) is 30.6 Å². The molecule has 1 aromatic heterocycles. The van der Waals surface area contributed by atoms with Crippen molar-refractivity contribution in [2.75, 3.05) is 6.61 Å². The van der Waals surface area contributed by atoms with E-state index in [1.165, 1.54) is 23.9 Å². The van der Waals surface area contributed by atoms with Crippen molar-refractivity contribution in [3.63, 3.8) is 0 Å². The van der Waals surface area contributed by atoms with Crippen LogP contribution < -0.4 is 0 Å².